The van der Waals surface area contributed by atoms with Crippen LogP contribution in [0.15, 0.2) is 54.3 Å². The third kappa shape index (κ3) is 2.85. The van der Waals surface area contributed by atoms with Gasteiger partial charge in [0, 0.05) is 18.7 Å². The Kier molecular flexibility index (Phi) is 4.81. The monoisotopic (exact) mass is 286 g/mol. The highest BCUT2D eigenvalue weighted by molar-refractivity contribution is 5.86. The predicted molar refractivity (Wildman–Crippen MR) is 83.9 cm³/mol. The molecule has 2 rings (SSSR count). The fraction of sp³-hybridized carbons (Fsp3) is 0.353. The van der Waals surface area contributed by atoms with Gasteiger partial charge < -0.3 is 15.4 Å². The van der Waals surface area contributed by atoms with Gasteiger partial charge in [0.2, 0.25) is 0 Å². The molecule has 0 spiro atoms. The van der Waals surface area contributed by atoms with Gasteiger partial charge in [-0.05, 0) is 25.6 Å². The normalized spacial score (nSPS) is 24.3. The molecular formula is C17H22N2O2. The second-order valence-electron chi connectivity index (χ2n) is 4.93. The van der Waals surface area contributed by atoms with Crippen LogP contribution in [0.2, 0.25) is 0 Å². The Morgan fingerprint density at radius 3 is 2.57 bits per heavy atom. The number of ether oxygens (including phenoxy) is 1. The molecule has 0 saturated heterocycles. The minimum Gasteiger partial charge on any atom is -0.464 e. The van der Waals surface area contributed by atoms with Gasteiger partial charge in [-0.15, -0.1) is 0 Å². The van der Waals surface area contributed by atoms with E-state index in [0.29, 0.717) is 6.61 Å². The maximum Gasteiger partial charge on any atom is 0.331 e. The van der Waals surface area contributed by atoms with Gasteiger partial charge in [-0.3, -0.25) is 0 Å². The first kappa shape index (κ1) is 15.3. The van der Waals surface area contributed by atoms with Gasteiger partial charge in [-0.1, -0.05) is 42.5 Å². The summed E-state index contributed by atoms with van der Waals surface area (Å²) in [5, 5.41) is 6.29. The number of likely N-dealkylation sites (N-methyl/N-ethyl adjacent to an activating group) is 2. The van der Waals surface area contributed by atoms with Gasteiger partial charge in [0.05, 0.1) is 6.61 Å². The lowest BCUT2D eigenvalue weighted by Crippen LogP contribution is -2.55. The van der Waals surface area contributed by atoms with E-state index in [0.717, 1.165) is 11.3 Å². The number of hydrogen-bond acceptors (Lipinski definition) is 4. The van der Waals surface area contributed by atoms with Crippen molar-refractivity contribution in [2.24, 2.45) is 0 Å². The zero-order valence-electron chi connectivity index (χ0n) is 12.7. The van der Waals surface area contributed by atoms with Crippen molar-refractivity contribution in [2.75, 3.05) is 20.7 Å². The van der Waals surface area contributed by atoms with E-state index in [2.05, 4.69) is 16.7 Å². The predicted octanol–water partition coefficient (Wildman–Crippen LogP) is 1.96. The molecular weight excluding hydrogens is 264 g/mol. The third-order valence-corrected chi connectivity index (χ3v) is 3.84. The van der Waals surface area contributed by atoms with E-state index < -0.39 is 5.54 Å². The van der Waals surface area contributed by atoms with Crippen LogP contribution in [0, 0.1) is 0 Å². The van der Waals surface area contributed by atoms with Crippen LogP contribution in [-0.2, 0) is 9.53 Å². The van der Waals surface area contributed by atoms with E-state index in [1.807, 2.05) is 56.5 Å². The van der Waals surface area contributed by atoms with Crippen molar-refractivity contribution in [3.8, 4) is 0 Å². The zero-order chi connectivity index (χ0) is 15.3. The number of benzene rings is 1. The first-order chi connectivity index (χ1) is 10.2. The number of allylic oxidation sites excluding steroid dienone is 1. The van der Waals surface area contributed by atoms with Crippen LogP contribution in [0.25, 0.3) is 0 Å². The lowest BCUT2D eigenvalue weighted by atomic mass is 9.75. The van der Waals surface area contributed by atoms with Crippen LogP contribution in [0.1, 0.15) is 18.4 Å². The van der Waals surface area contributed by atoms with E-state index in [1.54, 1.807) is 7.05 Å². The summed E-state index contributed by atoms with van der Waals surface area (Å²) in [5.41, 5.74) is 1.17. The summed E-state index contributed by atoms with van der Waals surface area (Å²) >= 11 is 0. The number of hydrogen-bond donors (Lipinski definition) is 2. The van der Waals surface area contributed by atoms with Crippen molar-refractivity contribution < 1.29 is 9.53 Å². The molecule has 2 atom stereocenters. The highest BCUT2D eigenvalue weighted by Crippen LogP contribution is 2.36. The molecule has 0 radical (unpaired) electrons. The standard InChI is InChI=1S/C17H22N2O2/c1-4-21-16(20)17(19-3)11-10-14(18-2)12-15(17)13-8-6-5-7-9-13/h5-12,15,18-19H,4H2,1-3H3. The molecule has 1 aromatic rings. The molecule has 1 aliphatic carbocycles. The topological polar surface area (TPSA) is 50.4 Å². The summed E-state index contributed by atoms with van der Waals surface area (Å²) in [6.07, 6.45) is 5.85. The Hall–Kier alpha value is -2.07. The van der Waals surface area contributed by atoms with Crippen molar-refractivity contribution >= 4 is 5.97 Å². The number of rotatable bonds is 5. The highest BCUT2D eigenvalue weighted by Gasteiger charge is 2.45. The quantitative estimate of drug-likeness (QED) is 0.813. The van der Waals surface area contributed by atoms with Gasteiger partial charge in [0.25, 0.3) is 0 Å². The fourth-order valence-corrected chi connectivity index (χ4v) is 2.66. The average molecular weight is 286 g/mol. The molecule has 0 aromatic heterocycles. The van der Waals surface area contributed by atoms with Gasteiger partial charge in [-0.25, -0.2) is 4.79 Å². The second kappa shape index (κ2) is 6.59. The average Bonchev–Trinajstić information content (AvgIpc) is 2.55. The Labute approximate surface area is 125 Å². The Morgan fingerprint density at radius 1 is 1.29 bits per heavy atom. The summed E-state index contributed by atoms with van der Waals surface area (Å²) in [4.78, 5) is 12.5. The molecule has 0 fully saturated rings. The van der Waals surface area contributed by atoms with E-state index in [4.69, 9.17) is 4.74 Å². The summed E-state index contributed by atoms with van der Waals surface area (Å²) in [6.45, 7) is 2.18. The summed E-state index contributed by atoms with van der Waals surface area (Å²) in [5.74, 6) is -0.390. The van der Waals surface area contributed by atoms with Gasteiger partial charge in [0.1, 0.15) is 5.54 Å². The van der Waals surface area contributed by atoms with Crippen LogP contribution in [-0.4, -0.2) is 32.2 Å². The largest absolute Gasteiger partial charge is 0.464 e. The maximum absolute atomic E-state index is 12.5. The van der Waals surface area contributed by atoms with Gasteiger partial charge >= 0.3 is 5.97 Å². The molecule has 0 amide bonds. The third-order valence-electron chi connectivity index (χ3n) is 3.84. The Balaban J connectivity index is 2.49. The summed E-state index contributed by atoms with van der Waals surface area (Å²) in [7, 11) is 3.66. The van der Waals surface area contributed by atoms with Crippen LogP contribution >= 0.6 is 0 Å². The SMILES string of the molecule is CCOC(=O)C1(NC)C=CC(NC)=CC1c1ccccc1. The molecule has 2 N–H and O–H groups in total. The smallest absolute Gasteiger partial charge is 0.331 e. The molecule has 21 heavy (non-hydrogen) atoms. The molecule has 0 aliphatic heterocycles. The molecule has 0 bridgehead atoms. The lowest BCUT2D eigenvalue weighted by molar-refractivity contribution is -0.149. The Morgan fingerprint density at radius 2 is 2.00 bits per heavy atom. The van der Waals surface area contributed by atoms with Gasteiger partial charge in [0.15, 0.2) is 0 Å². The van der Waals surface area contributed by atoms with Crippen LogP contribution in [0.3, 0.4) is 0 Å². The molecule has 1 aliphatic rings. The van der Waals surface area contributed by atoms with E-state index >= 15 is 0 Å². The Bertz CT molecular complexity index is 551. The minimum atomic E-state index is -0.877. The highest BCUT2D eigenvalue weighted by atomic mass is 16.5. The number of carbonyl (C=O) groups excluding carboxylic acids is 1. The van der Waals surface area contributed by atoms with E-state index in [9.17, 15) is 4.79 Å². The minimum absolute atomic E-state index is 0.129. The van der Waals surface area contributed by atoms with Crippen molar-refractivity contribution in [1.82, 2.24) is 10.6 Å². The van der Waals surface area contributed by atoms with Crippen LogP contribution < -0.4 is 10.6 Å². The number of carbonyl (C=O) groups is 1. The van der Waals surface area contributed by atoms with Crippen molar-refractivity contribution in [2.45, 2.75) is 18.4 Å². The number of esters is 1. The van der Waals surface area contributed by atoms with Gasteiger partial charge in [-0.2, -0.15) is 0 Å². The van der Waals surface area contributed by atoms with Crippen molar-refractivity contribution in [3.63, 3.8) is 0 Å². The molecule has 112 valence electrons. The molecule has 4 heteroatoms. The van der Waals surface area contributed by atoms with Crippen molar-refractivity contribution in [3.05, 3.63) is 59.8 Å². The number of nitrogens with one attached hydrogen (secondary N) is 2. The van der Waals surface area contributed by atoms with Crippen LogP contribution in [0.4, 0.5) is 0 Å². The molecule has 0 saturated carbocycles. The van der Waals surface area contributed by atoms with Crippen LogP contribution in [0.5, 0.6) is 0 Å². The van der Waals surface area contributed by atoms with Crippen molar-refractivity contribution in [1.29, 1.82) is 0 Å². The van der Waals surface area contributed by atoms with E-state index in [1.165, 1.54) is 0 Å². The lowest BCUT2D eigenvalue weighted by Gasteiger charge is -2.37. The summed E-state index contributed by atoms with van der Waals surface area (Å²) < 4.78 is 5.29. The first-order valence-electron chi connectivity index (χ1n) is 7.17. The molecule has 2 unspecified atom stereocenters. The first-order valence-corrected chi connectivity index (χ1v) is 7.17. The maximum atomic E-state index is 12.5. The zero-order valence-corrected chi connectivity index (χ0v) is 12.7. The fourth-order valence-electron chi connectivity index (χ4n) is 2.66. The molecule has 1 aromatic carbocycles. The summed E-state index contributed by atoms with van der Waals surface area (Å²) in [6, 6.07) is 9.98. The second-order valence-corrected chi connectivity index (χ2v) is 4.93. The molecule has 4 nitrogen and oxygen atoms in total. The van der Waals surface area contributed by atoms with E-state index in [-0.39, 0.29) is 11.9 Å². The molecule has 0 heterocycles.